The first-order chi connectivity index (χ1) is 7.70. The molecule has 1 aliphatic heterocycles. The Morgan fingerprint density at radius 1 is 1.31 bits per heavy atom. The normalized spacial score (nSPS) is 16.2. The minimum absolute atomic E-state index is 0.595. The van der Waals surface area contributed by atoms with Crippen LogP contribution in [0.15, 0.2) is 29.4 Å². The van der Waals surface area contributed by atoms with E-state index in [2.05, 4.69) is 44.0 Å². The van der Waals surface area contributed by atoms with Crippen molar-refractivity contribution < 1.29 is 0 Å². The van der Waals surface area contributed by atoms with E-state index in [0.29, 0.717) is 6.54 Å². The van der Waals surface area contributed by atoms with Gasteiger partial charge in [0.2, 0.25) is 0 Å². The van der Waals surface area contributed by atoms with Crippen LogP contribution in [0.2, 0.25) is 0 Å². The molecule has 0 saturated carbocycles. The van der Waals surface area contributed by atoms with Crippen molar-refractivity contribution in [2.75, 3.05) is 18.1 Å². The van der Waals surface area contributed by atoms with Gasteiger partial charge in [-0.25, -0.2) is 0 Å². The van der Waals surface area contributed by atoms with Crippen LogP contribution in [0.3, 0.4) is 0 Å². The van der Waals surface area contributed by atoms with Crippen LogP contribution in [-0.2, 0) is 6.54 Å². The molecule has 1 heterocycles. The molecule has 1 aromatic rings. The molecule has 2 N–H and O–H groups in total. The van der Waals surface area contributed by atoms with E-state index >= 15 is 0 Å². The van der Waals surface area contributed by atoms with E-state index in [9.17, 15) is 0 Å². The van der Waals surface area contributed by atoms with E-state index in [1.807, 2.05) is 0 Å². The molecule has 5 heteroatoms. The molecule has 2 rings (SSSR count). The topological polar surface area (TPSA) is 44.9 Å². The number of hydrogen-bond acceptors (Lipinski definition) is 4. The van der Waals surface area contributed by atoms with Crippen molar-refractivity contribution in [2.24, 2.45) is 10.8 Å². The van der Waals surface area contributed by atoms with E-state index in [-0.39, 0.29) is 0 Å². The third kappa shape index (κ3) is 2.54. The summed E-state index contributed by atoms with van der Waals surface area (Å²) in [7, 11) is 0. The molecule has 82 valence electrons. The van der Waals surface area contributed by atoms with Crippen LogP contribution in [0.1, 0.15) is 12.5 Å². The third-order valence-electron chi connectivity index (χ3n) is 2.70. The van der Waals surface area contributed by atoms with Crippen LogP contribution in [-0.4, -0.2) is 47.7 Å². The average Bonchev–Trinajstić information content (AvgIpc) is 2.33. The summed E-state index contributed by atoms with van der Waals surface area (Å²) >= 11 is 0.843. The summed E-state index contributed by atoms with van der Waals surface area (Å²) in [5.74, 6) is 1.12. The molecule has 4 nitrogen and oxygen atoms in total. The first-order valence-electron chi connectivity index (χ1n) is 5.34. The molecule has 0 spiro atoms. The maximum atomic E-state index is 5.58. The molecule has 1 aliphatic rings. The maximum absolute atomic E-state index is 5.58. The Morgan fingerprint density at radius 3 is 2.56 bits per heavy atom. The van der Waals surface area contributed by atoms with Gasteiger partial charge in [-0.05, 0) is 0 Å². The summed E-state index contributed by atoms with van der Waals surface area (Å²) in [6.07, 6.45) is 0. The van der Waals surface area contributed by atoms with E-state index in [4.69, 9.17) is 5.73 Å². The van der Waals surface area contributed by atoms with Gasteiger partial charge in [-0.2, -0.15) is 0 Å². The van der Waals surface area contributed by atoms with Gasteiger partial charge < -0.3 is 0 Å². The number of nitrogens with two attached hydrogens (primary N) is 1. The second-order valence-electron chi connectivity index (χ2n) is 3.83. The number of amidine groups is 1. The fourth-order valence-electron chi connectivity index (χ4n) is 1.64. The predicted molar refractivity (Wildman–Crippen MR) is 67.2 cm³/mol. The van der Waals surface area contributed by atoms with Gasteiger partial charge in [0.25, 0.3) is 0 Å². The fraction of sp³-hybridized carbons (Fsp3) is 0.364. The summed E-state index contributed by atoms with van der Waals surface area (Å²) < 4.78 is 2.32. The molecular weight excluding hydrogens is 393 g/mol. The molecule has 1 aromatic carbocycles. The molecule has 16 heavy (non-hydrogen) atoms. The summed E-state index contributed by atoms with van der Waals surface area (Å²) in [5, 5.41) is 6.64. The van der Waals surface area contributed by atoms with E-state index in [1.165, 1.54) is 0 Å². The van der Waals surface area contributed by atoms with Crippen molar-refractivity contribution in [3.05, 3.63) is 29.8 Å². The van der Waals surface area contributed by atoms with Gasteiger partial charge in [0, 0.05) is 0 Å². The summed E-state index contributed by atoms with van der Waals surface area (Å²) in [4.78, 5) is 0. The van der Waals surface area contributed by atoms with Gasteiger partial charge in [-0.15, -0.1) is 0 Å². The summed E-state index contributed by atoms with van der Waals surface area (Å²) in [6, 6.07) is 8.30. The van der Waals surface area contributed by atoms with E-state index in [1.54, 1.807) is 0 Å². The van der Waals surface area contributed by atoms with Crippen LogP contribution < -0.4 is 10.7 Å². The van der Waals surface area contributed by atoms with Gasteiger partial charge in [-0.3, -0.25) is 0 Å². The Hall–Kier alpha value is -0.628. The number of anilines is 1. The van der Waals surface area contributed by atoms with Crippen molar-refractivity contribution in [2.45, 2.75) is 13.5 Å². The van der Waals surface area contributed by atoms with Gasteiger partial charge in [0.05, 0.1) is 0 Å². The standard InChI is InChI=1S/C11H15N4.Tl/c1-9-13-6-7-15(14-9)11-4-2-10(8-12)3-5-11;/h2-5H,6-8,12H2,1H3;/q-1;+1. The molecule has 0 unspecified atom stereocenters. The molecule has 0 aliphatic carbocycles. The number of hydrogen-bond donors (Lipinski definition) is 1. The molecule has 0 fully saturated rings. The predicted octanol–water partition coefficient (Wildman–Crippen LogP) is 0.684. The first-order valence-corrected chi connectivity index (χ1v) is 7.35. The van der Waals surface area contributed by atoms with Gasteiger partial charge in [-0.1, -0.05) is 0 Å². The second-order valence-corrected chi connectivity index (χ2v) is 6.26. The molecule has 0 atom stereocenters. The summed E-state index contributed by atoms with van der Waals surface area (Å²) in [6.45, 7) is 4.72. The first kappa shape index (κ1) is 11.8. The summed E-state index contributed by atoms with van der Waals surface area (Å²) in [5.41, 5.74) is 7.88. The molecule has 0 bridgehead atoms. The third-order valence-corrected chi connectivity index (χ3v) is 5.16. The zero-order chi connectivity index (χ0) is 11.5. The van der Waals surface area contributed by atoms with Crippen molar-refractivity contribution in [3.8, 4) is 0 Å². The number of hydrazone groups is 1. The monoisotopic (exact) mass is 408 g/mol. The Bertz CT molecular complexity index is 387. The number of rotatable bonds is 2. The SMILES string of the molecule is CC1=NN(c2ccc(CN)cc2)CC[N]1[Tl]. The second kappa shape index (κ2) is 5.13. The van der Waals surface area contributed by atoms with Gasteiger partial charge >= 0.3 is 113 Å². The minimum atomic E-state index is 0.595. The number of nitrogens with zero attached hydrogens (tertiary/aromatic N) is 3. The molecule has 0 aromatic heterocycles. The Balaban J connectivity index is 2.18. The Morgan fingerprint density at radius 2 is 2.00 bits per heavy atom. The van der Waals surface area contributed by atoms with Crippen molar-refractivity contribution in [3.63, 3.8) is 0 Å². The average molecular weight is 408 g/mol. The van der Waals surface area contributed by atoms with Gasteiger partial charge in [0.1, 0.15) is 0 Å². The molecule has 0 radical (unpaired) electrons. The Labute approximate surface area is 112 Å². The Kier molecular flexibility index (Phi) is 3.80. The van der Waals surface area contributed by atoms with Gasteiger partial charge in [0.15, 0.2) is 0 Å². The zero-order valence-electron chi connectivity index (χ0n) is 9.43. The molecule has 0 saturated heterocycles. The van der Waals surface area contributed by atoms with E-state index < -0.39 is 0 Å². The quantitative estimate of drug-likeness (QED) is 0.734. The van der Waals surface area contributed by atoms with E-state index in [0.717, 1.165) is 56.2 Å². The van der Waals surface area contributed by atoms with Crippen LogP contribution in [0.5, 0.6) is 0 Å². The molecule has 0 amide bonds. The van der Waals surface area contributed by atoms with Crippen LogP contribution in [0.4, 0.5) is 5.69 Å². The molecular formula is C11H15N4Tl. The van der Waals surface area contributed by atoms with Crippen LogP contribution >= 0.6 is 0 Å². The van der Waals surface area contributed by atoms with Crippen molar-refractivity contribution in [1.82, 2.24) is 2.71 Å². The van der Waals surface area contributed by atoms with Crippen LogP contribution in [0, 0.1) is 0 Å². The van der Waals surface area contributed by atoms with Crippen molar-refractivity contribution >= 4 is 37.6 Å². The number of benzene rings is 1. The fourth-order valence-corrected chi connectivity index (χ4v) is 2.29. The van der Waals surface area contributed by atoms with Crippen LogP contribution in [0.25, 0.3) is 0 Å². The van der Waals surface area contributed by atoms with Crippen molar-refractivity contribution in [1.29, 1.82) is 0 Å². The zero-order valence-corrected chi connectivity index (χ0v) is 13.9.